The second-order valence-electron chi connectivity index (χ2n) is 5.59. The highest BCUT2D eigenvalue weighted by atomic mass is 79.9. The van der Waals surface area contributed by atoms with E-state index in [0.717, 1.165) is 6.42 Å². The Morgan fingerprint density at radius 3 is 3.00 bits per heavy atom. The van der Waals surface area contributed by atoms with Crippen LogP contribution in [-0.2, 0) is 4.79 Å². The molecule has 1 aromatic rings. The minimum atomic E-state index is -0.0856. The van der Waals surface area contributed by atoms with Crippen LogP contribution in [0.25, 0.3) is 0 Å². The van der Waals surface area contributed by atoms with Crippen LogP contribution in [0.15, 0.2) is 16.7 Å². The van der Waals surface area contributed by atoms with Crippen molar-refractivity contribution < 1.29 is 4.79 Å². The van der Waals surface area contributed by atoms with Gasteiger partial charge in [-0.05, 0) is 47.2 Å². The molecule has 2 aliphatic rings. The summed E-state index contributed by atoms with van der Waals surface area (Å²) in [6.07, 6.45) is 7.53. The lowest BCUT2D eigenvalue weighted by Crippen LogP contribution is -2.39. The van der Waals surface area contributed by atoms with Gasteiger partial charge in [-0.15, -0.1) is 0 Å². The zero-order chi connectivity index (χ0) is 14.1. The second-order valence-corrected chi connectivity index (χ2v) is 6.80. The number of halogens is 2. The minimum Gasteiger partial charge on any atom is -0.323 e. The van der Waals surface area contributed by atoms with Gasteiger partial charge in [0.1, 0.15) is 5.15 Å². The topological polar surface area (TPSA) is 54.0 Å². The number of anilines is 1. The fourth-order valence-electron chi connectivity index (χ4n) is 3.24. The van der Waals surface area contributed by atoms with E-state index in [1.165, 1.54) is 25.7 Å². The Morgan fingerprint density at radius 2 is 2.25 bits per heavy atom. The second kappa shape index (κ2) is 6.00. The van der Waals surface area contributed by atoms with Gasteiger partial charge in [0, 0.05) is 6.04 Å². The Labute approximate surface area is 131 Å². The number of nitrogens with one attached hydrogen (secondary N) is 2. The molecule has 0 radical (unpaired) electrons. The normalized spacial score (nSPS) is 29.0. The molecule has 1 aromatic heterocycles. The number of rotatable bonds is 2. The number of aromatic nitrogens is 1. The van der Waals surface area contributed by atoms with E-state index in [2.05, 4.69) is 31.5 Å². The summed E-state index contributed by atoms with van der Waals surface area (Å²) in [6.45, 7) is 0. The summed E-state index contributed by atoms with van der Waals surface area (Å²) >= 11 is 9.15. The van der Waals surface area contributed by atoms with Crippen molar-refractivity contribution in [2.75, 3.05) is 5.32 Å². The first kappa shape index (κ1) is 14.3. The number of amides is 1. The zero-order valence-electron chi connectivity index (χ0n) is 11.0. The average molecular weight is 359 g/mol. The van der Waals surface area contributed by atoms with Crippen molar-refractivity contribution in [1.29, 1.82) is 0 Å². The number of fused-ring (bicyclic) bond motifs is 1. The van der Waals surface area contributed by atoms with Crippen LogP contribution in [0.3, 0.4) is 0 Å². The number of pyridine rings is 1. The summed E-state index contributed by atoms with van der Waals surface area (Å²) in [4.78, 5) is 16.3. The predicted molar refractivity (Wildman–Crippen MR) is 82.9 cm³/mol. The van der Waals surface area contributed by atoms with Gasteiger partial charge in [0.15, 0.2) is 0 Å². The first-order chi connectivity index (χ1) is 9.63. The van der Waals surface area contributed by atoms with E-state index in [9.17, 15) is 4.79 Å². The third-order valence-corrected chi connectivity index (χ3v) is 5.38. The molecule has 0 spiro atoms. The molecule has 6 heteroatoms. The molecule has 1 amide bonds. The lowest BCUT2D eigenvalue weighted by atomic mass is 9.85. The van der Waals surface area contributed by atoms with Crippen LogP contribution in [0.4, 0.5) is 5.69 Å². The Balaban J connectivity index is 1.63. The fourth-order valence-corrected chi connectivity index (χ4v) is 3.69. The number of nitrogens with zero attached hydrogens (tertiary/aromatic N) is 1. The van der Waals surface area contributed by atoms with Gasteiger partial charge >= 0.3 is 0 Å². The van der Waals surface area contributed by atoms with Crippen molar-refractivity contribution in [1.82, 2.24) is 10.3 Å². The van der Waals surface area contributed by atoms with Crippen LogP contribution in [0.5, 0.6) is 0 Å². The van der Waals surface area contributed by atoms with E-state index in [1.807, 2.05) is 0 Å². The highest BCUT2D eigenvalue weighted by molar-refractivity contribution is 9.10. The van der Waals surface area contributed by atoms with Crippen LogP contribution < -0.4 is 10.6 Å². The summed E-state index contributed by atoms with van der Waals surface area (Å²) < 4.78 is 0.685. The number of hydrogen-bond donors (Lipinski definition) is 2. The molecular weight excluding hydrogens is 342 g/mol. The van der Waals surface area contributed by atoms with E-state index in [0.29, 0.717) is 27.3 Å². The third-order valence-electron chi connectivity index (χ3n) is 4.24. The van der Waals surface area contributed by atoms with Crippen LogP contribution in [0.1, 0.15) is 32.1 Å². The van der Waals surface area contributed by atoms with E-state index in [4.69, 9.17) is 11.6 Å². The summed E-state index contributed by atoms with van der Waals surface area (Å²) in [5.41, 5.74) is 0.669. The Morgan fingerprint density at radius 1 is 1.45 bits per heavy atom. The van der Waals surface area contributed by atoms with Gasteiger partial charge < -0.3 is 10.6 Å². The Bertz CT molecular complexity index is 511. The molecule has 4 nitrogen and oxygen atoms in total. The molecule has 1 aliphatic heterocycles. The van der Waals surface area contributed by atoms with Gasteiger partial charge in [0.05, 0.1) is 22.4 Å². The van der Waals surface area contributed by atoms with Crippen molar-refractivity contribution in [2.24, 2.45) is 5.92 Å². The molecule has 1 saturated heterocycles. The lowest BCUT2D eigenvalue weighted by Gasteiger charge is -2.24. The summed E-state index contributed by atoms with van der Waals surface area (Å²) in [7, 11) is 0. The van der Waals surface area contributed by atoms with E-state index in [1.54, 1.807) is 12.3 Å². The van der Waals surface area contributed by atoms with Crippen LogP contribution in [0.2, 0.25) is 5.15 Å². The molecule has 20 heavy (non-hydrogen) atoms. The SMILES string of the molecule is O=C(Nc1cnc(Cl)c(Br)c1)C1CC2CCCCC2N1. The molecular formula is C14H17BrClN3O. The molecule has 0 bridgehead atoms. The number of hydrogen-bond acceptors (Lipinski definition) is 3. The maximum absolute atomic E-state index is 12.3. The van der Waals surface area contributed by atoms with Crippen molar-refractivity contribution in [3.8, 4) is 0 Å². The molecule has 3 rings (SSSR count). The van der Waals surface area contributed by atoms with Crippen LogP contribution in [0, 0.1) is 5.92 Å². The standard InChI is InChI=1S/C14H17BrClN3O/c15-10-6-9(7-17-13(10)16)18-14(20)12-5-8-3-1-2-4-11(8)19-12/h6-8,11-12,19H,1-5H2,(H,18,20). The quantitative estimate of drug-likeness (QED) is 0.797. The third kappa shape index (κ3) is 3.00. The summed E-state index contributed by atoms with van der Waals surface area (Å²) in [5, 5.41) is 6.77. The van der Waals surface area contributed by atoms with Crippen molar-refractivity contribution in [3.63, 3.8) is 0 Å². The van der Waals surface area contributed by atoms with E-state index >= 15 is 0 Å². The smallest absolute Gasteiger partial charge is 0.241 e. The van der Waals surface area contributed by atoms with Crippen molar-refractivity contribution in [3.05, 3.63) is 21.9 Å². The predicted octanol–water partition coefficient (Wildman–Crippen LogP) is 3.36. The molecule has 1 aliphatic carbocycles. The maximum atomic E-state index is 12.3. The molecule has 2 N–H and O–H groups in total. The number of carbonyl (C=O) groups excluding carboxylic acids is 1. The van der Waals surface area contributed by atoms with Gasteiger partial charge in [-0.1, -0.05) is 24.4 Å². The fraction of sp³-hybridized carbons (Fsp3) is 0.571. The molecule has 3 unspecified atom stereocenters. The van der Waals surface area contributed by atoms with Gasteiger partial charge in [-0.25, -0.2) is 4.98 Å². The van der Waals surface area contributed by atoms with Crippen molar-refractivity contribution in [2.45, 2.75) is 44.2 Å². The maximum Gasteiger partial charge on any atom is 0.241 e. The summed E-state index contributed by atoms with van der Waals surface area (Å²) in [5.74, 6) is 0.685. The molecule has 1 saturated carbocycles. The molecule has 2 heterocycles. The first-order valence-corrected chi connectivity index (χ1v) is 8.18. The first-order valence-electron chi connectivity index (χ1n) is 7.01. The monoisotopic (exact) mass is 357 g/mol. The van der Waals surface area contributed by atoms with Crippen molar-refractivity contribution >= 4 is 39.1 Å². The van der Waals surface area contributed by atoms with Crippen LogP contribution in [-0.4, -0.2) is 23.0 Å². The zero-order valence-corrected chi connectivity index (χ0v) is 13.4. The van der Waals surface area contributed by atoms with Gasteiger partial charge in [-0.3, -0.25) is 4.79 Å². The largest absolute Gasteiger partial charge is 0.323 e. The van der Waals surface area contributed by atoms with Gasteiger partial charge in [0.25, 0.3) is 0 Å². The van der Waals surface area contributed by atoms with Gasteiger partial charge in [0.2, 0.25) is 5.91 Å². The summed E-state index contributed by atoms with van der Waals surface area (Å²) in [6, 6.07) is 2.21. The van der Waals surface area contributed by atoms with E-state index < -0.39 is 0 Å². The van der Waals surface area contributed by atoms with Crippen LogP contribution >= 0.6 is 27.5 Å². The molecule has 2 fully saturated rings. The average Bonchev–Trinajstić information content (AvgIpc) is 2.87. The Kier molecular flexibility index (Phi) is 4.29. The molecule has 0 aromatic carbocycles. The lowest BCUT2D eigenvalue weighted by molar-refractivity contribution is -0.117. The molecule has 108 valence electrons. The van der Waals surface area contributed by atoms with E-state index in [-0.39, 0.29) is 11.9 Å². The highest BCUT2D eigenvalue weighted by Gasteiger charge is 2.38. The highest BCUT2D eigenvalue weighted by Crippen LogP contribution is 2.33. The molecule has 3 atom stereocenters. The minimum absolute atomic E-state index is 0.0235. The Hall–Kier alpha value is -0.650. The number of carbonyl (C=O) groups is 1. The van der Waals surface area contributed by atoms with Gasteiger partial charge in [-0.2, -0.15) is 0 Å².